The molecular formula is C23H21F2N5O2. The molecule has 1 aromatic carbocycles. The molecule has 3 aromatic rings. The van der Waals surface area contributed by atoms with Crippen molar-refractivity contribution in [1.29, 1.82) is 0 Å². The van der Waals surface area contributed by atoms with Gasteiger partial charge in [0.2, 0.25) is 11.8 Å². The number of halogens is 2. The van der Waals surface area contributed by atoms with E-state index in [1.807, 2.05) is 6.92 Å². The second-order valence-electron chi connectivity index (χ2n) is 6.85. The third kappa shape index (κ3) is 5.57. The first kappa shape index (κ1) is 22.7. The molecule has 0 aliphatic rings. The first-order chi connectivity index (χ1) is 15.4. The minimum Gasteiger partial charge on any atom is -0.472 e. The molecule has 9 heteroatoms. The molecule has 2 heterocycles. The first-order valence-corrected chi connectivity index (χ1v) is 9.62. The highest BCUT2D eigenvalue weighted by Gasteiger charge is 2.11. The van der Waals surface area contributed by atoms with Crippen molar-refractivity contribution >= 4 is 17.7 Å². The Hall–Kier alpha value is -4.01. The Balaban J connectivity index is 1.74. The number of hydrogen-bond acceptors (Lipinski definition) is 6. The lowest BCUT2D eigenvalue weighted by molar-refractivity contribution is 0.1000. The Labute approximate surface area is 183 Å². The lowest BCUT2D eigenvalue weighted by Gasteiger charge is -2.10. The molecule has 0 aliphatic heterocycles. The lowest BCUT2D eigenvalue weighted by Crippen LogP contribution is -2.10. The van der Waals surface area contributed by atoms with Crippen LogP contribution >= 0.6 is 0 Å². The number of carbonyl (C=O) groups excluding carboxylic acids is 1. The number of pyridine rings is 1. The summed E-state index contributed by atoms with van der Waals surface area (Å²) in [5, 5.41) is 8.21. The number of alkyl halides is 2. The van der Waals surface area contributed by atoms with E-state index >= 15 is 0 Å². The molecule has 2 N–H and O–H groups in total. The number of allylic oxidation sites excluding steroid dienone is 1. The van der Waals surface area contributed by atoms with E-state index in [1.165, 1.54) is 12.1 Å². The van der Waals surface area contributed by atoms with Crippen molar-refractivity contribution in [2.75, 3.05) is 13.7 Å². The van der Waals surface area contributed by atoms with Gasteiger partial charge in [-0.1, -0.05) is 12.1 Å². The van der Waals surface area contributed by atoms with Crippen molar-refractivity contribution in [3.63, 3.8) is 0 Å². The number of hydrogen-bond donors (Lipinski definition) is 1. The van der Waals surface area contributed by atoms with Gasteiger partial charge in [-0.15, -0.1) is 10.2 Å². The maximum atomic E-state index is 12.8. The van der Waals surface area contributed by atoms with E-state index < -0.39 is 12.3 Å². The molecular weight excluding hydrogens is 416 g/mol. The van der Waals surface area contributed by atoms with Crippen LogP contribution in [0.2, 0.25) is 0 Å². The van der Waals surface area contributed by atoms with Crippen molar-refractivity contribution in [3.05, 3.63) is 77.1 Å². The maximum absolute atomic E-state index is 12.8. The third-order valence-electron chi connectivity index (χ3n) is 4.55. The summed E-state index contributed by atoms with van der Waals surface area (Å²) in [6.07, 6.45) is 0.173. The summed E-state index contributed by atoms with van der Waals surface area (Å²) >= 11 is 0. The summed E-state index contributed by atoms with van der Waals surface area (Å²) in [4.78, 5) is 19.5. The number of aliphatic imine (C=N–C) groups is 1. The Morgan fingerprint density at radius 1 is 1.19 bits per heavy atom. The summed E-state index contributed by atoms with van der Waals surface area (Å²) in [6, 6.07) is 13.0. The van der Waals surface area contributed by atoms with Crippen LogP contribution < -0.4 is 10.5 Å². The van der Waals surface area contributed by atoms with E-state index in [-0.39, 0.29) is 12.2 Å². The third-order valence-corrected chi connectivity index (χ3v) is 4.55. The summed E-state index contributed by atoms with van der Waals surface area (Å²) in [6.45, 7) is 2.00. The highest BCUT2D eigenvalue weighted by atomic mass is 19.3. The van der Waals surface area contributed by atoms with Crippen molar-refractivity contribution in [2.45, 2.75) is 13.3 Å². The lowest BCUT2D eigenvalue weighted by atomic mass is 10.1. The van der Waals surface area contributed by atoms with E-state index in [9.17, 15) is 13.6 Å². The Kier molecular flexibility index (Phi) is 7.33. The highest BCUT2D eigenvalue weighted by molar-refractivity contribution is 6.10. The van der Waals surface area contributed by atoms with Crippen molar-refractivity contribution < 1.29 is 18.3 Å². The van der Waals surface area contributed by atoms with Gasteiger partial charge in [0, 0.05) is 47.8 Å². The van der Waals surface area contributed by atoms with Crippen molar-refractivity contribution in [2.24, 2.45) is 10.7 Å². The normalized spacial score (nSPS) is 12.2. The van der Waals surface area contributed by atoms with Crippen LogP contribution in [0, 0.1) is 0 Å². The zero-order valence-corrected chi connectivity index (χ0v) is 17.5. The number of amides is 1. The molecule has 7 nitrogen and oxygen atoms in total. The standard InChI is InChI=1S/C23H21F2N5O2/c1-14(18(12-27-2)20-7-6-17(11-28-20)22(24)25)13-32-21-9-8-19(29-30-21)15-4-3-5-16(10-15)23(26)31/h3-12,22H,13H2,1-2H3,(H2,26,31)/b18-14-,27-12-. The average molecular weight is 437 g/mol. The summed E-state index contributed by atoms with van der Waals surface area (Å²) in [7, 11) is 1.61. The van der Waals surface area contributed by atoms with Gasteiger partial charge < -0.3 is 10.5 Å². The molecule has 0 radical (unpaired) electrons. The second kappa shape index (κ2) is 10.3. The first-order valence-electron chi connectivity index (χ1n) is 9.62. The van der Waals surface area contributed by atoms with E-state index in [2.05, 4.69) is 20.2 Å². The Morgan fingerprint density at radius 3 is 2.59 bits per heavy atom. The highest BCUT2D eigenvalue weighted by Crippen LogP contribution is 2.22. The van der Waals surface area contributed by atoms with Gasteiger partial charge in [0.15, 0.2) is 0 Å². The van der Waals surface area contributed by atoms with Crippen LogP contribution in [0.3, 0.4) is 0 Å². The van der Waals surface area contributed by atoms with Gasteiger partial charge in [-0.25, -0.2) is 8.78 Å². The molecule has 1 amide bonds. The predicted molar refractivity (Wildman–Crippen MR) is 118 cm³/mol. The minimum atomic E-state index is -2.58. The molecule has 0 fully saturated rings. The molecule has 0 saturated carbocycles. The maximum Gasteiger partial charge on any atom is 0.265 e. The molecule has 0 unspecified atom stereocenters. The quantitative estimate of drug-likeness (QED) is 0.534. The molecule has 3 rings (SSSR count). The minimum absolute atomic E-state index is 0.146. The van der Waals surface area contributed by atoms with E-state index in [1.54, 1.807) is 49.7 Å². The monoisotopic (exact) mass is 437 g/mol. The average Bonchev–Trinajstić information content (AvgIpc) is 2.81. The number of nitrogens with two attached hydrogens (primary N) is 1. The fourth-order valence-electron chi connectivity index (χ4n) is 2.86. The van der Waals surface area contributed by atoms with Crippen LogP contribution in [0.1, 0.15) is 35.0 Å². The van der Waals surface area contributed by atoms with Gasteiger partial charge >= 0.3 is 0 Å². The second-order valence-corrected chi connectivity index (χ2v) is 6.85. The van der Waals surface area contributed by atoms with Crippen molar-refractivity contribution in [3.8, 4) is 17.1 Å². The van der Waals surface area contributed by atoms with Gasteiger partial charge in [0.05, 0.1) is 11.4 Å². The van der Waals surface area contributed by atoms with Crippen LogP contribution in [0.5, 0.6) is 5.88 Å². The zero-order valence-electron chi connectivity index (χ0n) is 17.5. The molecule has 0 aliphatic carbocycles. The SMILES string of the molecule is C/N=C\C(=C(/C)COc1ccc(-c2cccc(C(N)=O)c2)nn1)c1ccc(C(F)F)cn1. The van der Waals surface area contributed by atoms with Gasteiger partial charge in [-0.05, 0) is 42.8 Å². The number of carbonyl (C=O) groups is 1. The Morgan fingerprint density at radius 2 is 2.00 bits per heavy atom. The van der Waals surface area contributed by atoms with E-state index in [0.29, 0.717) is 34.0 Å². The number of benzene rings is 1. The predicted octanol–water partition coefficient (Wildman–Crippen LogP) is 4.13. The molecule has 32 heavy (non-hydrogen) atoms. The smallest absolute Gasteiger partial charge is 0.265 e. The van der Waals surface area contributed by atoms with Gasteiger partial charge in [0.1, 0.15) is 6.61 Å². The molecule has 0 bridgehead atoms. The molecule has 0 atom stereocenters. The van der Waals surface area contributed by atoms with Gasteiger partial charge in [-0.3, -0.25) is 14.8 Å². The summed E-state index contributed by atoms with van der Waals surface area (Å²) in [5.74, 6) is -0.222. The molecule has 0 spiro atoms. The fraction of sp³-hybridized carbons (Fsp3) is 0.174. The van der Waals surface area contributed by atoms with Gasteiger partial charge in [0.25, 0.3) is 6.43 Å². The number of rotatable bonds is 8. The van der Waals surface area contributed by atoms with Gasteiger partial charge in [-0.2, -0.15) is 0 Å². The van der Waals surface area contributed by atoms with Crippen LogP contribution in [0.25, 0.3) is 16.8 Å². The van der Waals surface area contributed by atoms with Crippen molar-refractivity contribution in [1.82, 2.24) is 15.2 Å². The zero-order chi connectivity index (χ0) is 23.1. The summed E-state index contributed by atoms with van der Waals surface area (Å²) < 4.78 is 31.3. The largest absolute Gasteiger partial charge is 0.472 e. The molecule has 164 valence electrons. The van der Waals surface area contributed by atoms with Crippen LogP contribution in [-0.4, -0.2) is 41.0 Å². The van der Waals surface area contributed by atoms with Crippen LogP contribution in [-0.2, 0) is 0 Å². The van der Waals surface area contributed by atoms with E-state index in [4.69, 9.17) is 10.5 Å². The molecule has 2 aromatic heterocycles. The number of nitrogens with zero attached hydrogens (tertiary/aromatic N) is 4. The topological polar surface area (TPSA) is 103 Å². The van der Waals surface area contributed by atoms with Crippen LogP contribution in [0.15, 0.2) is 65.3 Å². The van der Waals surface area contributed by atoms with Crippen LogP contribution in [0.4, 0.5) is 8.78 Å². The Bertz CT molecular complexity index is 1140. The number of primary amides is 1. The number of ether oxygens (including phenoxy) is 1. The van der Waals surface area contributed by atoms with E-state index in [0.717, 1.165) is 11.8 Å². The summed E-state index contributed by atoms with van der Waals surface area (Å²) in [5.41, 5.74) is 8.78. The molecule has 0 saturated heterocycles. The number of aromatic nitrogens is 3. The fourth-order valence-corrected chi connectivity index (χ4v) is 2.86.